The van der Waals surface area contributed by atoms with Crippen molar-refractivity contribution in [1.82, 2.24) is 0 Å². The van der Waals surface area contributed by atoms with Crippen molar-refractivity contribution in [1.29, 1.82) is 10.5 Å². The fourth-order valence-corrected chi connectivity index (χ4v) is 0. The van der Waals surface area contributed by atoms with Gasteiger partial charge in [-0.2, -0.15) is 0 Å². The summed E-state index contributed by atoms with van der Waals surface area (Å²) >= 11 is 0. The maximum absolute atomic E-state index is 6.25. The van der Waals surface area contributed by atoms with Gasteiger partial charge in [0.2, 0.25) is 0 Å². The molecule has 4 heteroatoms. The van der Waals surface area contributed by atoms with Crippen LogP contribution in [-0.4, -0.2) is 0 Å². The molecule has 0 aromatic heterocycles. The van der Waals surface area contributed by atoms with E-state index in [1.54, 1.807) is 0 Å². The average Bonchev–Trinajstić information content (AvgIpc) is 1.50. The maximum atomic E-state index is 6.25. The first-order chi connectivity index (χ1) is 2.00. The molecule has 0 aliphatic heterocycles. The first kappa shape index (κ1) is 37.6. The van der Waals surface area contributed by atoms with Crippen LogP contribution in [0, 0.1) is 23.7 Å². The molecule has 0 saturated carbocycles. The van der Waals surface area contributed by atoms with Gasteiger partial charge >= 0.3 is 0 Å². The molecule has 0 aliphatic carbocycles. The molecule has 0 aromatic rings. The molecule has 0 unspecified atom stereocenters. The van der Waals surface area contributed by atoms with Gasteiger partial charge in [-0.3, -0.25) is 0 Å². The van der Waals surface area contributed by atoms with Crippen LogP contribution in [0.5, 0.6) is 0 Å². The third-order valence-electron chi connectivity index (χ3n) is 0. The average molecular weight is 170 g/mol. The molecule has 0 rings (SSSR count). The Kier molecular flexibility index (Phi) is 10100000. The van der Waals surface area contributed by atoms with E-state index in [1.807, 2.05) is 0 Å². The Balaban J connectivity index is -0.00000000500. The van der Waals surface area contributed by atoms with Crippen LogP contribution in [0.4, 0.5) is 0 Å². The second-order valence-electron chi connectivity index (χ2n) is 0. The molecule has 6 heavy (non-hydrogen) atoms. The predicted octanol–water partition coefficient (Wildman–Crippen LogP) is 0.188. The monoisotopic (exact) mass is 170 g/mol. The van der Waals surface area contributed by atoms with Crippen molar-refractivity contribution in [3.8, 4) is 0 Å². The summed E-state index contributed by atoms with van der Waals surface area (Å²) in [6.07, 6.45) is 0. The molecule has 0 aromatic carbocycles. The van der Waals surface area contributed by atoms with E-state index in [0.717, 1.165) is 0 Å². The van der Waals surface area contributed by atoms with Gasteiger partial charge in [-0.05, 0) is 0 Å². The van der Waals surface area contributed by atoms with E-state index in [4.69, 9.17) is 23.7 Å². The molecule has 0 bridgehead atoms. The summed E-state index contributed by atoms with van der Waals surface area (Å²) < 4.78 is 0. The molecule has 0 heterocycles. The second kappa shape index (κ2) is 1620000. The van der Waals surface area contributed by atoms with Crippen molar-refractivity contribution in [3.05, 3.63) is 13.1 Å². The topological polar surface area (TPSA) is 47.6 Å². The summed E-state index contributed by atoms with van der Waals surface area (Å²) in [6, 6.07) is 0. The van der Waals surface area contributed by atoms with Crippen molar-refractivity contribution in [2.24, 2.45) is 0 Å². The summed E-state index contributed by atoms with van der Waals surface area (Å²) in [7, 11) is 0. The Bertz CT molecular complexity index is 25.0. The van der Waals surface area contributed by atoms with Gasteiger partial charge in [0.1, 0.15) is 0 Å². The largest absolute Gasteiger partial charge is 0.512 e. The van der Waals surface area contributed by atoms with Crippen LogP contribution in [-0.2, 0) is 33.6 Å². The van der Waals surface area contributed by atoms with E-state index in [-0.39, 0.29) is 33.6 Å². The minimum Gasteiger partial charge on any atom is -0.512 e. The van der Waals surface area contributed by atoms with E-state index in [2.05, 4.69) is 0 Å². The van der Waals surface area contributed by atoms with Crippen molar-refractivity contribution >= 4 is 0 Å². The van der Waals surface area contributed by atoms with Gasteiger partial charge in [0.05, 0.1) is 0 Å². The van der Waals surface area contributed by atoms with Crippen LogP contribution < -0.4 is 0 Å². The van der Waals surface area contributed by atoms with Crippen molar-refractivity contribution in [3.63, 3.8) is 0 Å². The van der Waals surface area contributed by atoms with Gasteiger partial charge in [0, 0.05) is 33.6 Å². The van der Waals surface area contributed by atoms with Crippen molar-refractivity contribution < 1.29 is 33.6 Å². The SMILES string of the molecule is [C-]#N.[C-]#N.[Co].[Co]. The minimum atomic E-state index is 0. The quantitative estimate of drug-likeness (QED) is 0.487. The molecule has 0 amide bonds. The van der Waals surface area contributed by atoms with Crippen LogP contribution in [0.25, 0.3) is 0 Å². The van der Waals surface area contributed by atoms with Gasteiger partial charge in [0.25, 0.3) is 0 Å². The summed E-state index contributed by atoms with van der Waals surface area (Å²) in [5, 5.41) is 12.5. The van der Waals surface area contributed by atoms with E-state index < -0.39 is 0 Å². The Hall–Kier alpha value is -0.00701. The Labute approximate surface area is 57.5 Å². The first-order valence-electron chi connectivity index (χ1n) is 0.447. The van der Waals surface area contributed by atoms with E-state index in [1.165, 1.54) is 0 Å². The molecule has 2 radical (unpaired) electrons. The zero-order valence-corrected chi connectivity index (χ0v) is 4.64. The Morgan fingerprint density at radius 1 is 0.667 bits per heavy atom. The van der Waals surface area contributed by atoms with E-state index >= 15 is 0 Å². The molecular weight excluding hydrogens is 170 g/mol. The third-order valence-corrected chi connectivity index (χ3v) is 0. The number of hydrogen-bond donors (Lipinski definition) is 0. The van der Waals surface area contributed by atoms with Crippen LogP contribution in [0.15, 0.2) is 0 Å². The van der Waals surface area contributed by atoms with Crippen molar-refractivity contribution in [2.45, 2.75) is 0 Å². The predicted molar refractivity (Wildman–Crippen MR) is 9.94 cm³/mol. The molecule has 0 spiro atoms. The van der Waals surface area contributed by atoms with Crippen molar-refractivity contribution in [2.75, 3.05) is 0 Å². The third kappa shape index (κ3) is 727000. The standard InChI is InChI=1S/2CN.2Co/c2*1-2;;/q2*-1;;. The molecule has 0 fully saturated rings. The summed E-state index contributed by atoms with van der Waals surface area (Å²) in [4.78, 5) is 0. The fraction of sp³-hybridized carbons (Fsp3) is 0. The van der Waals surface area contributed by atoms with Crippen LogP contribution in [0.3, 0.4) is 0 Å². The molecule has 0 N–H and O–H groups in total. The Morgan fingerprint density at radius 2 is 0.667 bits per heavy atom. The number of hydrogen-bond acceptors (Lipinski definition) is 2. The summed E-state index contributed by atoms with van der Waals surface area (Å²) in [5.74, 6) is 0. The summed E-state index contributed by atoms with van der Waals surface area (Å²) in [6.45, 7) is 9.50. The normalized spacial score (nSPS) is 0.667. The molecule has 38 valence electrons. The molecule has 2 nitrogen and oxygen atoms in total. The van der Waals surface area contributed by atoms with Gasteiger partial charge < -0.3 is 23.7 Å². The zero-order valence-electron chi connectivity index (χ0n) is 2.56. The molecule has 0 saturated heterocycles. The minimum absolute atomic E-state index is 0. The van der Waals surface area contributed by atoms with Gasteiger partial charge in [-0.1, -0.05) is 0 Å². The van der Waals surface area contributed by atoms with Gasteiger partial charge in [-0.25, -0.2) is 0 Å². The summed E-state index contributed by atoms with van der Waals surface area (Å²) in [5.41, 5.74) is 0. The van der Waals surface area contributed by atoms with Gasteiger partial charge in [0.15, 0.2) is 0 Å². The molecule has 0 aliphatic rings. The zero-order chi connectivity index (χ0) is 4.00. The Morgan fingerprint density at radius 3 is 0.667 bits per heavy atom. The number of nitrogens with zero attached hydrogens (tertiary/aromatic N) is 2. The van der Waals surface area contributed by atoms with E-state index in [9.17, 15) is 0 Å². The molecular formula is C2Co2N2-2. The van der Waals surface area contributed by atoms with E-state index in [0.29, 0.717) is 0 Å². The fourth-order valence-electron chi connectivity index (χ4n) is 0. The number of rotatable bonds is 0. The van der Waals surface area contributed by atoms with Gasteiger partial charge in [-0.15, -0.1) is 0 Å². The first-order valence-corrected chi connectivity index (χ1v) is 0.447. The van der Waals surface area contributed by atoms with Crippen LogP contribution >= 0.6 is 0 Å². The smallest absolute Gasteiger partial charge is 0 e. The van der Waals surface area contributed by atoms with Crippen LogP contribution in [0.2, 0.25) is 0 Å². The molecule has 0 atom stereocenters. The van der Waals surface area contributed by atoms with Crippen LogP contribution in [0.1, 0.15) is 0 Å². The maximum Gasteiger partial charge on any atom is 0 e. The second-order valence-corrected chi connectivity index (χ2v) is 0.